The SMILES string of the molecule is Cc1ccc(-c2noc(CNC(=O)[C@H](C)Oc3cccc(C)c3)n2)cc1. The van der Waals surface area contributed by atoms with Crippen LogP contribution in [0.5, 0.6) is 5.75 Å². The predicted molar refractivity (Wildman–Crippen MR) is 97.6 cm³/mol. The van der Waals surface area contributed by atoms with Gasteiger partial charge in [-0.05, 0) is 38.5 Å². The van der Waals surface area contributed by atoms with Gasteiger partial charge in [-0.3, -0.25) is 4.79 Å². The van der Waals surface area contributed by atoms with Gasteiger partial charge in [-0.1, -0.05) is 47.1 Å². The maximum Gasteiger partial charge on any atom is 0.261 e. The minimum atomic E-state index is -0.628. The Morgan fingerprint density at radius 2 is 1.92 bits per heavy atom. The Morgan fingerprint density at radius 3 is 2.65 bits per heavy atom. The average Bonchev–Trinajstić information content (AvgIpc) is 3.09. The lowest BCUT2D eigenvalue weighted by Crippen LogP contribution is -2.36. The monoisotopic (exact) mass is 351 g/mol. The molecule has 1 heterocycles. The molecule has 26 heavy (non-hydrogen) atoms. The Morgan fingerprint density at radius 1 is 1.15 bits per heavy atom. The summed E-state index contributed by atoms with van der Waals surface area (Å²) < 4.78 is 10.8. The van der Waals surface area contributed by atoms with Crippen molar-refractivity contribution in [3.8, 4) is 17.1 Å². The average molecular weight is 351 g/mol. The molecule has 6 nitrogen and oxygen atoms in total. The van der Waals surface area contributed by atoms with Crippen molar-refractivity contribution in [1.29, 1.82) is 0 Å². The van der Waals surface area contributed by atoms with Gasteiger partial charge in [0.05, 0.1) is 6.54 Å². The zero-order valence-corrected chi connectivity index (χ0v) is 15.0. The second-order valence-corrected chi connectivity index (χ2v) is 6.17. The molecule has 0 aliphatic rings. The van der Waals surface area contributed by atoms with E-state index in [0.29, 0.717) is 17.5 Å². The second-order valence-electron chi connectivity index (χ2n) is 6.17. The number of amides is 1. The summed E-state index contributed by atoms with van der Waals surface area (Å²) in [7, 11) is 0. The standard InChI is InChI=1S/C20H21N3O3/c1-13-7-9-16(10-8-13)19-22-18(26-23-19)12-21-20(24)15(3)25-17-6-4-5-14(2)11-17/h4-11,15H,12H2,1-3H3,(H,21,24)/t15-/m0/s1. The van der Waals surface area contributed by atoms with E-state index in [-0.39, 0.29) is 12.5 Å². The Balaban J connectivity index is 1.55. The highest BCUT2D eigenvalue weighted by Gasteiger charge is 2.16. The van der Waals surface area contributed by atoms with Gasteiger partial charge in [0.2, 0.25) is 11.7 Å². The van der Waals surface area contributed by atoms with Gasteiger partial charge in [-0.15, -0.1) is 0 Å². The van der Waals surface area contributed by atoms with Crippen LogP contribution in [0.15, 0.2) is 53.1 Å². The number of aromatic nitrogens is 2. The number of nitrogens with one attached hydrogen (secondary N) is 1. The molecule has 0 aliphatic carbocycles. The number of nitrogens with zero attached hydrogens (tertiary/aromatic N) is 2. The van der Waals surface area contributed by atoms with Crippen molar-refractivity contribution < 1.29 is 14.1 Å². The van der Waals surface area contributed by atoms with Crippen LogP contribution < -0.4 is 10.1 Å². The largest absolute Gasteiger partial charge is 0.481 e. The maximum absolute atomic E-state index is 12.2. The molecule has 3 aromatic rings. The third-order valence-electron chi connectivity index (χ3n) is 3.86. The summed E-state index contributed by atoms with van der Waals surface area (Å²) in [4.78, 5) is 16.5. The van der Waals surface area contributed by atoms with Crippen molar-refractivity contribution >= 4 is 5.91 Å². The minimum Gasteiger partial charge on any atom is -0.481 e. The number of hydrogen-bond acceptors (Lipinski definition) is 5. The van der Waals surface area contributed by atoms with Gasteiger partial charge in [-0.2, -0.15) is 4.98 Å². The molecule has 1 N–H and O–H groups in total. The van der Waals surface area contributed by atoms with Crippen LogP contribution in [-0.4, -0.2) is 22.2 Å². The molecule has 0 bridgehead atoms. The number of benzene rings is 2. The van der Waals surface area contributed by atoms with E-state index in [2.05, 4.69) is 15.5 Å². The first-order valence-corrected chi connectivity index (χ1v) is 8.42. The number of carbonyl (C=O) groups excluding carboxylic acids is 1. The smallest absolute Gasteiger partial charge is 0.261 e. The lowest BCUT2D eigenvalue weighted by atomic mass is 10.1. The molecule has 1 aromatic heterocycles. The van der Waals surface area contributed by atoms with Crippen LogP contribution in [0.1, 0.15) is 23.9 Å². The molecule has 0 radical (unpaired) electrons. The molecule has 0 saturated heterocycles. The highest BCUT2D eigenvalue weighted by Crippen LogP contribution is 2.16. The van der Waals surface area contributed by atoms with Crippen molar-refractivity contribution in [2.24, 2.45) is 0 Å². The normalized spacial score (nSPS) is 11.8. The maximum atomic E-state index is 12.2. The Kier molecular flexibility index (Phi) is 5.31. The first-order valence-electron chi connectivity index (χ1n) is 8.42. The van der Waals surface area contributed by atoms with Gasteiger partial charge in [0.15, 0.2) is 6.10 Å². The van der Waals surface area contributed by atoms with Gasteiger partial charge in [0, 0.05) is 5.56 Å². The first-order chi connectivity index (χ1) is 12.5. The summed E-state index contributed by atoms with van der Waals surface area (Å²) in [6.45, 7) is 5.84. The summed E-state index contributed by atoms with van der Waals surface area (Å²) >= 11 is 0. The first kappa shape index (κ1) is 17.7. The van der Waals surface area contributed by atoms with Gasteiger partial charge in [-0.25, -0.2) is 0 Å². The molecule has 134 valence electrons. The van der Waals surface area contributed by atoms with E-state index in [1.165, 1.54) is 0 Å². The molecule has 0 aliphatic heterocycles. The van der Waals surface area contributed by atoms with Gasteiger partial charge < -0.3 is 14.6 Å². The number of rotatable bonds is 6. The topological polar surface area (TPSA) is 77.2 Å². The van der Waals surface area contributed by atoms with Crippen LogP contribution >= 0.6 is 0 Å². The third kappa shape index (κ3) is 4.47. The minimum absolute atomic E-state index is 0.152. The van der Waals surface area contributed by atoms with E-state index in [4.69, 9.17) is 9.26 Å². The fourth-order valence-electron chi connectivity index (χ4n) is 2.40. The van der Waals surface area contributed by atoms with Crippen LogP contribution in [0.4, 0.5) is 0 Å². The molecular formula is C20H21N3O3. The van der Waals surface area contributed by atoms with Crippen LogP contribution in [0.3, 0.4) is 0 Å². The zero-order valence-electron chi connectivity index (χ0n) is 15.0. The van der Waals surface area contributed by atoms with Crippen LogP contribution in [0.2, 0.25) is 0 Å². The molecular weight excluding hydrogens is 330 g/mol. The highest BCUT2D eigenvalue weighted by atomic mass is 16.5. The van der Waals surface area contributed by atoms with Gasteiger partial charge in [0.1, 0.15) is 5.75 Å². The quantitative estimate of drug-likeness (QED) is 0.736. The number of aryl methyl sites for hydroxylation is 2. The summed E-state index contributed by atoms with van der Waals surface area (Å²) in [6, 6.07) is 15.4. The lowest BCUT2D eigenvalue weighted by Gasteiger charge is -2.14. The number of ether oxygens (including phenoxy) is 1. The molecule has 0 saturated carbocycles. The summed E-state index contributed by atoms with van der Waals surface area (Å²) in [5.74, 6) is 1.25. The van der Waals surface area contributed by atoms with E-state index < -0.39 is 6.10 Å². The van der Waals surface area contributed by atoms with Gasteiger partial charge in [0.25, 0.3) is 5.91 Å². The van der Waals surface area contributed by atoms with Gasteiger partial charge >= 0.3 is 0 Å². The molecule has 6 heteroatoms. The van der Waals surface area contributed by atoms with Crippen molar-refractivity contribution in [1.82, 2.24) is 15.5 Å². The molecule has 0 unspecified atom stereocenters. The fraction of sp³-hybridized carbons (Fsp3) is 0.250. The third-order valence-corrected chi connectivity index (χ3v) is 3.86. The molecule has 1 amide bonds. The molecule has 0 spiro atoms. The van der Waals surface area contributed by atoms with Crippen LogP contribution in [0.25, 0.3) is 11.4 Å². The second kappa shape index (κ2) is 7.82. The predicted octanol–water partition coefficient (Wildman–Crippen LogP) is 3.44. The van der Waals surface area contributed by atoms with Crippen molar-refractivity contribution in [3.63, 3.8) is 0 Å². The zero-order chi connectivity index (χ0) is 18.5. The van der Waals surface area contributed by atoms with Crippen LogP contribution in [-0.2, 0) is 11.3 Å². The van der Waals surface area contributed by atoms with E-state index in [1.54, 1.807) is 6.92 Å². The Labute approximate surface area is 152 Å². The highest BCUT2D eigenvalue weighted by molar-refractivity contribution is 5.80. The van der Waals surface area contributed by atoms with Crippen molar-refractivity contribution in [2.75, 3.05) is 0 Å². The van der Waals surface area contributed by atoms with E-state index >= 15 is 0 Å². The van der Waals surface area contributed by atoms with E-state index in [9.17, 15) is 4.79 Å². The summed E-state index contributed by atoms with van der Waals surface area (Å²) in [6.07, 6.45) is -0.628. The lowest BCUT2D eigenvalue weighted by molar-refractivity contribution is -0.127. The summed E-state index contributed by atoms with van der Waals surface area (Å²) in [5.41, 5.74) is 3.10. The Hall–Kier alpha value is -3.15. The van der Waals surface area contributed by atoms with E-state index in [1.807, 2.05) is 62.4 Å². The molecule has 3 rings (SSSR count). The van der Waals surface area contributed by atoms with Crippen LogP contribution in [0, 0.1) is 13.8 Å². The number of carbonyl (C=O) groups is 1. The van der Waals surface area contributed by atoms with Crippen molar-refractivity contribution in [2.45, 2.75) is 33.4 Å². The Bertz CT molecular complexity index is 887. The molecule has 0 fully saturated rings. The summed E-state index contributed by atoms with van der Waals surface area (Å²) in [5, 5.41) is 6.69. The van der Waals surface area contributed by atoms with Crippen molar-refractivity contribution in [3.05, 3.63) is 65.5 Å². The van der Waals surface area contributed by atoms with E-state index in [0.717, 1.165) is 16.7 Å². The molecule has 1 atom stereocenters. The fourth-order valence-corrected chi connectivity index (χ4v) is 2.40. The number of hydrogen-bond donors (Lipinski definition) is 1. The molecule has 2 aromatic carbocycles.